The number of Topliss-reactive ketones (excluding diaryl/α,β-unsaturated/α-hetero) is 1. The summed E-state index contributed by atoms with van der Waals surface area (Å²) in [6.45, 7) is 13.7. The molecule has 210 valence electrons. The van der Waals surface area contributed by atoms with Crippen molar-refractivity contribution < 1.29 is 19.1 Å². The Morgan fingerprint density at radius 3 is 2.27 bits per heavy atom. The molecule has 3 aromatic rings. The number of hydrogen-bond donors (Lipinski definition) is 2. The number of nitrogens with one attached hydrogen (secondary N) is 2. The van der Waals surface area contributed by atoms with E-state index in [9.17, 15) is 14.4 Å². The lowest BCUT2D eigenvalue weighted by atomic mass is 9.89. The van der Waals surface area contributed by atoms with Crippen molar-refractivity contribution in [3.8, 4) is 0 Å². The van der Waals surface area contributed by atoms with Gasteiger partial charge in [-0.05, 0) is 81.0 Å². The second-order valence-electron chi connectivity index (χ2n) is 11.4. The van der Waals surface area contributed by atoms with Crippen molar-refractivity contribution in [3.63, 3.8) is 0 Å². The molecule has 8 bridgehead atoms. The number of aryl methyl sites for hydroxylation is 2. The first-order valence-corrected chi connectivity index (χ1v) is 14.3. The first kappa shape index (κ1) is 26.9. The van der Waals surface area contributed by atoms with Crippen LogP contribution in [0.2, 0.25) is 0 Å². The van der Waals surface area contributed by atoms with E-state index in [0.717, 1.165) is 52.0 Å². The van der Waals surface area contributed by atoms with Crippen LogP contribution < -0.4 is 0 Å². The average molecular weight is 551 g/mol. The zero-order valence-electron chi connectivity index (χ0n) is 24.5. The summed E-state index contributed by atoms with van der Waals surface area (Å²) < 4.78 is 5.30. The fourth-order valence-electron chi connectivity index (χ4n) is 6.65. The maximum Gasteiger partial charge on any atom is 0.350 e. The molecule has 0 unspecified atom stereocenters. The van der Waals surface area contributed by atoms with Gasteiger partial charge in [-0.2, -0.15) is 0 Å². The average Bonchev–Trinajstić information content (AvgIpc) is 3.59. The fraction of sp³-hybridized carbons (Fsp3) is 0.364. The summed E-state index contributed by atoms with van der Waals surface area (Å²) in [4.78, 5) is 56.1. The number of nitrogens with zero attached hydrogens (tertiary/aromatic N) is 2. The molecule has 0 fully saturated rings. The van der Waals surface area contributed by atoms with E-state index in [0.29, 0.717) is 45.5 Å². The van der Waals surface area contributed by atoms with E-state index in [4.69, 9.17) is 14.7 Å². The maximum absolute atomic E-state index is 13.4. The summed E-state index contributed by atoms with van der Waals surface area (Å²) in [5.41, 5.74) is 10.3. The number of cyclic esters (lactones) is 2. The molecule has 6 rings (SSSR count). The molecule has 3 aliphatic rings. The van der Waals surface area contributed by atoms with Crippen molar-refractivity contribution in [2.24, 2.45) is 0 Å². The third-order valence-electron chi connectivity index (χ3n) is 8.91. The van der Waals surface area contributed by atoms with Crippen molar-refractivity contribution >= 4 is 50.9 Å². The molecule has 0 saturated heterocycles. The number of fused-ring (bicyclic) bond motifs is 8. The summed E-state index contributed by atoms with van der Waals surface area (Å²) in [6, 6.07) is 5.91. The molecule has 0 saturated carbocycles. The van der Waals surface area contributed by atoms with Crippen LogP contribution in [0.15, 0.2) is 18.2 Å². The van der Waals surface area contributed by atoms with Gasteiger partial charge in [0.25, 0.3) is 0 Å². The van der Waals surface area contributed by atoms with Crippen LogP contribution in [0.3, 0.4) is 0 Å². The number of allylic oxidation sites excluding steroid dienone is 2. The highest BCUT2D eigenvalue weighted by Gasteiger charge is 2.35. The highest BCUT2D eigenvalue weighted by Crippen LogP contribution is 2.41. The van der Waals surface area contributed by atoms with E-state index < -0.39 is 11.9 Å². The maximum atomic E-state index is 13.4. The van der Waals surface area contributed by atoms with Crippen LogP contribution in [0.4, 0.5) is 0 Å². The van der Waals surface area contributed by atoms with Gasteiger partial charge in [0.1, 0.15) is 5.56 Å². The number of ether oxygens (including phenoxy) is 1. The van der Waals surface area contributed by atoms with Crippen LogP contribution in [-0.2, 0) is 4.74 Å². The number of aromatic nitrogens is 4. The molecule has 0 radical (unpaired) electrons. The Balaban J connectivity index is 1.86. The topological polar surface area (TPSA) is 118 Å². The van der Waals surface area contributed by atoms with Crippen LogP contribution in [0.5, 0.6) is 0 Å². The van der Waals surface area contributed by atoms with Crippen LogP contribution in [-0.4, -0.2) is 37.7 Å². The standard InChI is InChI=1S/C33H34N4O4/c1-8-10-20-15(4)22-11-23-16(5)27(18(7)38)26(35-23)13-21-14(3)19(9-2)25(34-21)12-24-17(6)28-31(37-24)29(30(20)36-22)33(40)41-32(28)39/h11-14,19,35,37H,8-10H2,1-7H3/t14-,19-/m1/s1. The summed E-state index contributed by atoms with van der Waals surface area (Å²) in [6.07, 6.45) is 2.42. The summed E-state index contributed by atoms with van der Waals surface area (Å²) in [5.74, 6) is -1.13. The van der Waals surface area contributed by atoms with Crippen LogP contribution in [0.25, 0.3) is 33.2 Å². The number of carbonyl (C=O) groups excluding carboxylic acids is 3. The minimum atomic E-state index is -0.710. The third kappa shape index (κ3) is 3.99. The minimum absolute atomic E-state index is 0.0249. The molecule has 3 aromatic heterocycles. The van der Waals surface area contributed by atoms with E-state index in [-0.39, 0.29) is 23.2 Å². The number of esters is 2. The fourth-order valence-corrected chi connectivity index (χ4v) is 6.65. The first-order valence-electron chi connectivity index (χ1n) is 14.3. The van der Waals surface area contributed by atoms with Gasteiger partial charge >= 0.3 is 11.9 Å². The minimum Gasteiger partial charge on any atom is -0.386 e. The Bertz CT molecular complexity index is 1890. The molecular weight excluding hydrogens is 516 g/mol. The highest BCUT2D eigenvalue weighted by atomic mass is 16.6. The monoisotopic (exact) mass is 550 g/mol. The summed E-state index contributed by atoms with van der Waals surface area (Å²) >= 11 is 0. The van der Waals surface area contributed by atoms with Crippen molar-refractivity contribution in [1.29, 1.82) is 0 Å². The van der Waals surface area contributed by atoms with Crippen molar-refractivity contribution in [2.75, 3.05) is 0 Å². The lowest BCUT2D eigenvalue weighted by Crippen LogP contribution is -2.20. The largest absolute Gasteiger partial charge is 0.386 e. The Hall–Kier alpha value is -4.33. The number of H-pyrrole nitrogens is 2. The molecule has 41 heavy (non-hydrogen) atoms. The van der Waals surface area contributed by atoms with Gasteiger partial charge in [-0.3, -0.25) is 9.78 Å². The molecule has 8 nitrogen and oxygen atoms in total. The van der Waals surface area contributed by atoms with Gasteiger partial charge in [0, 0.05) is 39.8 Å². The van der Waals surface area contributed by atoms with Crippen LogP contribution >= 0.6 is 0 Å². The number of aromatic amines is 2. The predicted molar refractivity (Wildman–Crippen MR) is 159 cm³/mol. The number of ketones is 1. The van der Waals surface area contributed by atoms with Gasteiger partial charge in [0.05, 0.1) is 28.0 Å². The first-order chi connectivity index (χ1) is 19.5. The van der Waals surface area contributed by atoms with E-state index in [1.54, 1.807) is 6.92 Å². The molecule has 0 aliphatic carbocycles. The Morgan fingerprint density at radius 1 is 0.902 bits per heavy atom. The van der Waals surface area contributed by atoms with Crippen molar-refractivity contribution in [2.45, 2.75) is 79.6 Å². The Kier molecular flexibility index (Phi) is 6.32. The normalized spacial score (nSPS) is 18.2. The molecule has 8 heteroatoms. The third-order valence-corrected chi connectivity index (χ3v) is 8.91. The van der Waals surface area contributed by atoms with Gasteiger partial charge in [-0.1, -0.05) is 27.2 Å². The number of rotatable bonds is 4. The van der Waals surface area contributed by atoms with Crippen molar-refractivity contribution in [1.82, 2.24) is 19.9 Å². The Labute approximate surface area is 238 Å². The molecule has 0 amide bonds. The zero-order chi connectivity index (χ0) is 29.3. The van der Waals surface area contributed by atoms with E-state index in [1.807, 2.05) is 39.0 Å². The number of carbonyl (C=O) groups is 3. The van der Waals surface area contributed by atoms with Crippen LogP contribution in [0.1, 0.15) is 131 Å². The van der Waals surface area contributed by atoms with E-state index in [2.05, 4.69) is 30.7 Å². The van der Waals surface area contributed by atoms with Gasteiger partial charge in [0.15, 0.2) is 5.78 Å². The lowest BCUT2D eigenvalue weighted by Gasteiger charge is -2.13. The smallest absolute Gasteiger partial charge is 0.350 e. The van der Waals surface area contributed by atoms with E-state index >= 15 is 0 Å². The van der Waals surface area contributed by atoms with Crippen molar-refractivity contribution in [3.05, 3.63) is 68.8 Å². The predicted octanol–water partition coefficient (Wildman–Crippen LogP) is 7.47. The molecule has 0 spiro atoms. The van der Waals surface area contributed by atoms with E-state index in [1.165, 1.54) is 0 Å². The van der Waals surface area contributed by atoms with Gasteiger partial charge < -0.3 is 14.7 Å². The molecule has 2 N–H and O–H groups in total. The Morgan fingerprint density at radius 2 is 1.59 bits per heavy atom. The zero-order valence-corrected chi connectivity index (χ0v) is 24.5. The van der Waals surface area contributed by atoms with Crippen LogP contribution in [0, 0.1) is 13.8 Å². The van der Waals surface area contributed by atoms with Gasteiger partial charge in [-0.25, -0.2) is 14.6 Å². The van der Waals surface area contributed by atoms with Gasteiger partial charge in [0.2, 0.25) is 0 Å². The molecule has 3 aliphatic heterocycles. The molecule has 0 aromatic carbocycles. The second kappa shape index (κ2) is 9.65. The highest BCUT2D eigenvalue weighted by molar-refractivity contribution is 6.19. The second-order valence-corrected chi connectivity index (χ2v) is 11.4. The SMILES string of the molecule is CCCC1=C(C)c2cc3[nH]c(cc4nc(cc5[nH]c6c(c1n2)C(=O)OC(=O)c6c5C)[C@H](CC)[C@H]4C)c(C(C)=O)c3C. The van der Waals surface area contributed by atoms with Gasteiger partial charge in [-0.15, -0.1) is 0 Å². The lowest BCUT2D eigenvalue weighted by molar-refractivity contribution is 0.0390. The summed E-state index contributed by atoms with van der Waals surface area (Å²) in [5, 5.41) is 0. The molecular formula is C33H34N4O4. The number of hydrogen-bond acceptors (Lipinski definition) is 6. The quantitative estimate of drug-likeness (QED) is 0.198. The summed E-state index contributed by atoms with van der Waals surface area (Å²) in [7, 11) is 0. The molecule has 2 atom stereocenters. The molecule has 6 heterocycles.